The van der Waals surface area contributed by atoms with Crippen molar-refractivity contribution in [1.82, 2.24) is 0 Å². The molecule has 0 aromatic heterocycles. The van der Waals surface area contributed by atoms with E-state index in [2.05, 4.69) is 0 Å². The monoisotopic (exact) mass is 337 g/mol. The average Bonchev–Trinajstić information content (AvgIpc) is 3.02. The zero-order chi connectivity index (χ0) is 17.6. The maximum atomic E-state index is 14.1. The molecule has 2 aromatic rings. The highest BCUT2D eigenvalue weighted by Gasteiger charge is 2.29. The van der Waals surface area contributed by atoms with Crippen molar-refractivity contribution in [3.8, 4) is 11.1 Å². The molecule has 0 aliphatic heterocycles. The van der Waals surface area contributed by atoms with Gasteiger partial charge in [0.25, 0.3) is 0 Å². The summed E-state index contributed by atoms with van der Waals surface area (Å²) in [5.74, 6) is -9.43. The maximum Gasteiger partial charge on any atom is 0.200 e. The molecule has 1 aliphatic carbocycles. The maximum absolute atomic E-state index is 14.1. The van der Waals surface area contributed by atoms with Crippen LogP contribution in [0.1, 0.15) is 31.4 Å². The highest BCUT2D eigenvalue weighted by Crippen LogP contribution is 2.40. The third-order valence-corrected chi connectivity index (χ3v) is 4.43. The molecule has 24 heavy (non-hydrogen) atoms. The summed E-state index contributed by atoms with van der Waals surface area (Å²) in [5, 5.41) is 0. The number of hydrogen-bond acceptors (Lipinski definition) is 0. The second-order valence-corrected chi connectivity index (χ2v) is 5.85. The van der Waals surface area contributed by atoms with Crippen LogP contribution in [0.2, 0.25) is 0 Å². The van der Waals surface area contributed by atoms with Crippen molar-refractivity contribution in [2.45, 2.75) is 20.3 Å². The molecule has 3 rings (SSSR count). The lowest BCUT2D eigenvalue weighted by atomic mass is 9.95. The number of hydrogen-bond donors (Lipinski definition) is 0. The fraction of sp³-hybridized carbons (Fsp3) is 0.211. The summed E-state index contributed by atoms with van der Waals surface area (Å²) < 4.78 is 68.5. The predicted octanol–water partition coefficient (Wildman–Crippen LogP) is 6.04. The van der Waals surface area contributed by atoms with Crippen molar-refractivity contribution in [2.75, 3.05) is 0 Å². The number of fused-ring (bicyclic) bond motifs is 1. The summed E-state index contributed by atoms with van der Waals surface area (Å²) in [4.78, 5) is 0. The van der Waals surface area contributed by atoms with E-state index >= 15 is 0 Å². The normalized spacial score (nSPS) is 14.5. The van der Waals surface area contributed by atoms with Gasteiger partial charge in [0.2, 0.25) is 5.82 Å². The number of halogens is 5. The standard InChI is InChI=1S/C19H14F5/c1-3-9(2)11-7-10-5-4-6-12(13(10)8-11)14-15(20)17(22)19(24)18(23)16(14)21/h4-9H,3H2,1-2H3. The molecule has 0 saturated heterocycles. The Hall–Kier alpha value is -2.17. The van der Waals surface area contributed by atoms with Crippen molar-refractivity contribution in [3.05, 3.63) is 70.4 Å². The van der Waals surface area contributed by atoms with Crippen LogP contribution in [0, 0.1) is 41.4 Å². The van der Waals surface area contributed by atoms with Crippen LogP contribution in [0.25, 0.3) is 17.2 Å². The molecule has 0 spiro atoms. The largest absolute Gasteiger partial charge is 0.203 e. The molecule has 1 unspecified atom stereocenters. The molecule has 0 nitrogen and oxygen atoms in total. The van der Waals surface area contributed by atoms with Crippen molar-refractivity contribution in [1.29, 1.82) is 0 Å². The highest BCUT2D eigenvalue weighted by atomic mass is 19.2. The fourth-order valence-electron chi connectivity index (χ4n) is 2.84. The van der Waals surface area contributed by atoms with Gasteiger partial charge in [-0.1, -0.05) is 43.7 Å². The van der Waals surface area contributed by atoms with Crippen molar-refractivity contribution in [3.63, 3.8) is 0 Å². The number of allylic oxidation sites excluding steroid dienone is 1. The first-order valence-corrected chi connectivity index (χ1v) is 7.58. The number of rotatable bonds is 3. The molecule has 2 aromatic carbocycles. The Bertz CT molecular complexity index is 822. The van der Waals surface area contributed by atoms with E-state index in [-0.39, 0.29) is 11.5 Å². The third-order valence-electron chi connectivity index (χ3n) is 4.43. The Morgan fingerprint density at radius 3 is 2.04 bits per heavy atom. The molecule has 1 radical (unpaired) electrons. The Balaban J connectivity index is 2.25. The first-order chi connectivity index (χ1) is 11.4. The van der Waals surface area contributed by atoms with E-state index in [1.807, 2.05) is 20.3 Å². The van der Waals surface area contributed by atoms with Crippen LogP contribution in [0.4, 0.5) is 22.0 Å². The molecule has 0 amide bonds. The molecular weight excluding hydrogens is 323 g/mol. The molecule has 0 saturated carbocycles. The summed E-state index contributed by atoms with van der Waals surface area (Å²) in [6, 6.07) is 4.65. The summed E-state index contributed by atoms with van der Waals surface area (Å²) in [6.07, 6.45) is 4.49. The first kappa shape index (κ1) is 16.7. The van der Waals surface area contributed by atoms with Gasteiger partial charge in [-0.2, -0.15) is 0 Å². The van der Waals surface area contributed by atoms with Crippen molar-refractivity contribution < 1.29 is 22.0 Å². The molecule has 0 heterocycles. The third kappa shape index (κ3) is 2.43. The van der Waals surface area contributed by atoms with Crippen LogP contribution in [0.15, 0.2) is 23.8 Å². The molecule has 5 heteroatoms. The zero-order valence-corrected chi connectivity index (χ0v) is 13.1. The van der Waals surface area contributed by atoms with Gasteiger partial charge in [0, 0.05) is 6.42 Å². The van der Waals surface area contributed by atoms with Gasteiger partial charge in [-0.25, -0.2) is 22.0 Å². The molecule has 125 valence electrons. The van der Waals surface area contributed by atoms with E-state index in [4.69, 9.17) is 0 Å². The van der Waals surface area contributed by atoms with Crippen LogP contribution in [0.3, 0.4) is 0 Å². The molecule has 1 atom stereocenters. The highest BCUT2D eigenvalue weighted by molar-refractivity contribution is 5.84. The van der Waals surface area contributed by atoms with Gasteiger partial charge in [0.15, 0.2) is 23.3 Å². The minimum absolute atomic E-state index is 0.00477. The van der Waals surface area contributed by atoms with E-state index in [0.717, 1.165) is 12.0 Å². The van der Waals surface area contributed by atoms with Crippen LogP contribution >= 0.6 is 0 Å². The van der Waals surface area contributed by atoms with E-state index in [1.165, 1.54) is 12.1 Å². The lowest BCUT2D eigenvalue weighted by Gasteiger charge is -2.11. The molecule has 1 aliphatic rings. The number of benzene rings is 2. The van der Waals surface area contributed by atoms with Gasteiger partial charge in [-0.05, 0) is 29.0 Å². The van der Waals surface area contributed by atoms with Crippen LogP contribution in [-0.4, -0.2) is 0 Å². The summed E-state index contributed by atoms with van der Waals surface area (Å²) in [5.41, 5.74) is 1.24. The van der Waals surface area contributed by atoms with Crippen LogP contribution in [-0.2, 0) is 0 Å². The van der Waals surface area contributed by atoms with E-state index < -0.39 is 34.6 Å². The van der Waals surface area contributed by atoms with Gasteiger partial charge in [0.05, 0.1) is 5.56 Å². The SMILES string of the molecule is CCC(C)C1=Cc2c(cccc2-c2c(F)c(F)c(F)c(F)c2F)[CH]1. The molecular formula is C19H14F5. The quantitative estimate of drug-likeness (QED) is 0.364. The minimum Gasteiger partial charge on any atom is -0.203 e. The van der Waals surface area contributed by atoms with Crippen LogP contribution < -0.4 is 0 Å². The predicted molar refractivity (Wildman–Crippen MR) is 82.5 cm³/mol. The molecule has 0 N–H and O–H groups in total. The second-order valence-electron chi connectivity index (χ2n) is 5.85. The van der Waals surface area contributed by atoms with Crippen LogP contribution in [0.5, 0.6) is 0 Å². The lowest BCUT2D eigenvalue weighted by Crippen LogP contribution is -2.05. The first-order valence-electron chi connectivity index (χ1n) is 7.58. The van der Waals surface area contributed by atoms with Gasteiger partial charge in [-0.3, -0.25) is 0 Å². The molecule has 0 fully saturated rings. The minimum atomic E-state index is -2.15. The Morgan fingerprint density at radius 2 is 1.46 bits per heavy atom. The van der Waals surface area contributed by atoms with Crippen molar-refractivity contribution in [2.24, 2.45) is 5.92 Å². The topological polar surface area (TPSA) is 0 Å². The summed E-state index contributed by atoms with van der Waals surface area (Å²) in [6.45, 7) is 4.01. The second kappa shape index (κ2) is 6.04. The Morgan fingerprint density at radius 1 is 0.875 bits per heavy atom. The van der Waals surface area contributed by atoms with Gasteiger partial charge in [0.1, 0.15) is 0 Å². The van der Waals surface area contributed by atoms with E-state index in [9.17, 15) is 22.0 Å². The van der Waals surface area contributed by atoms with Gasteiger partial charge in [-0.15, -0.1) is 0 Å². The molecule has 0 bridgehead atoms. The average molecular weight is 337 g/mol. The lowest BCUT2D eigenvalue weighted by molar-refractivity contribution is 0.381. The zero-order valence-electron chi connectivity index (χ0n) is 13.1. The van der Waals surface area contributed by atoms with Gasteiger partial charge >= 0.3 is 0 Å². The smallest absolute Gasteiger partial charge is 0.200 e. The Labute approximate surface area is 136 Å². The van der Waals surface area contributed by atoms with Crippen molar-refractivity contribution >= 4 is 6.08 Å². The fourth-order valence-corrected chi connectivity index (χ4v) is 2.84. The summed E-state index contributed by atoms with van der Waals surface area (Å²) in [7, 11) is 0. The van der Waals surface area contributed by atoms with E-state index in [1.54, 1.807) is 12.1 Å². The summed E-state index contributed by atoms with van der Waals surface area (Å²) >= 11 is 0. The van der Waals surface area contributed by atoms with E-state index in [0.29, 0.717) is 11.1 Å². The Kier molecular flexibility index (Phi) is 4.20. The van der Waals surface area contributed by atoms with Gasteiger partial charge < -0.3 is 0 Å².